The molecule has 1 amide bonds. The van der Waals surface area contributed by atoms with Crippen LogP contribution in [-0.2, 0) is 26.2 Å². The van der Waals surface area contributed by atoms with Crippen molar-refractivity contribution in [1.82, 2.24) is 4.31 Å². The van der Waals surface area contributed by atoms with Gasteiger partial charge in [-0.25, -0.2) is 8.42 Å². The number of rotatable bonds is 10. The van der Waals surface area contributed by atoms with Gasteiger partial charge in [0, 0.05) is 22.5 Å². The van der Waals surface area contributed by atoms with Gasteiger partial charge in [-0.1, -0.05) is 47.5 Å². The molecule has 4 rings (SSSR count). The number of ketones is 1. The van der Waals surface area contributed by atoms with Crippen molar-refractivity contribution in [1.29, 1.82) is 0 Å². The van der Waals surface area contributed by atoms with E-state index in [9.17, 15) is 27.9 Å². The van der Waals surface area contributed by atoms with E-state index in [0.717, 1.165) is 10.6 Å². The molecule has 0 spiro atoms. The zero-order valence-corrected chi connectivity index (χ0v) is 23.3. The Bertz CT molecular complexity index is 1770. The highest BCUT2D eigenvalue weighted by Crippen LogP contribution is 2.35. The van der Waals surface area contributed by atoms with Crippen molar-refractivity contribution in [3.63, 3.8) is 0 Å². The highest BCUT2D eigenvalue weighted by molar-refractivity contribution is 7.88. The Balaban J connectivity index is 1.69. The number of fused-ring (bicyclic) bond motifs is 1. The monoisotopic (exact) mass is 603 g/mol. The van der Waals surface area contributed by atoms with E-state index in [1.165, 1.54) is 18.2 Å². The van der Waals surface area contributed by atoms with Crippen LogP contribution < -0.4 is 11.5 Å². The number of benzene rings is 3. The number of aliphatic carboxylic acids is 1. The van der Waals surface area contributed by atoms with Crippen molar-refractivity contribution < 1.29 is 32.3 Å². The highest BCUT2D eigenvalue weighted by atomic mass is 35.5. The summed E-state index contributed by atoms with van der Waals surface area (Å²) in [6.45, 7) is -0.312. The van der Waals surface area contributed by atoms with E-state index in [1.807, 2.05) is 0 Å². The first kappa shape index (κ1) is 29.1. The fourth-order valence-electron chi connectivity index (χ4n) is 4.25. The van der Waals surface area contributed by atoms with E-state index in [0.29, 0.717) is 32.7 Å². The number of sulfonamides is 1. The molecule has 0 unspecified atom stereocenters. The summed E-state index contributed by atoms with van der Waals surface area (Å²) >= 11 is 12.1. The van der Waals surface area contributed by atoms with E-state index >= 15 is 0 Å². The lowest BCUT2D eigenvalue weighted by molar-refractivity contribution is -0.143. The van der Waals surface area contributed by atoms with Crippen LogP contribution in [0.3, 0.4) is 0 Å². The minimum atomic E-state index is -4.03. The molecule has 1 heterocycles. The Morgan fingerprint density at radius 2 is 1.73 bits per heavy atom. The van der Waals surface area contributed by atoms with Crippen LogP contribution in [0.4, 0.5) is 5.69 Å². The molecule has 40 heavy (non-hydrogen) atoms. The van der Waals surface area contributed by atoms with Gasteiger partial charge in [0.05, 0.1) is 23.4 Å². The van der Waals surface area contributed by atoms with Crippen molar-refractivity contribution in [2.24, 2.45) is 5.73 Å². The second kappa shape index (κ2) is 11.3. The number of primary amides is 1. The molecular weight excluding hydrogens is 581 g/mol. The molecule has 0 fully saturated rings. The lowest BCUT2D eigenvalue weighted by Crippen LogP contribution is -2.46. The number of carbonyl (C=O) groups excluding carboxylic acids is 2. The number of hydrogen-bond donors (Lipinski definition) is 3. The number of carbonyl (C=O) groups is 3. The molecule has 1 aromatic heterocycles. The summed E-state index contributed by atoms with van der Waals surface area (Å²) < 4.78 is 31.4. The summed E-state index contributed by atoms with van der Waals surface area (Å²) in [5.41, 5.74) is 13.8. The Labute approximate surface area is 239 Å². The number of amides is 1. The van der Waals surface area contributed by atoms with Crippen molar-refractivity contribution >= 4 is 67.5 Å². The van der Waals surface area contributed by atoms with Crippen LogP contribution in [0.15, 0.2) is 65.1 Å². The molecule has 5 N–H and O–H groups in total. The number of halogens is 2. The second-order valence-electron chi connectivity index (χ2n) is 9.04. The van der Waals surface area contributed by atoms with Gasteiger partial charge in [-0.2, -0.15) is 4.31 Å². The first-order valence-electron chi connectivity index (χ1n) is 11.6. The van der Waals surface area contributed by atoms with Crippen LogP contribution in [0.5, 0.6) is 0 Å². The van der Waals surface area contributed by atoms with Crippen LogP contribution >= 0.6 is 23.2 Å². The molecule has 13 heteroatoms. The highest BCUT2D eigenvalue weighted by Gasteiger charge is 2.34. The number of carboxylic acid groups (broad SMARTS) is 1. The molecule has 0 aliphatic carbocycles. The van der Waals surface area contributed by atoms with Gasteiger partial charge in [-0.05, 0) is 53.1 Å². The molecule has 0 aliphatic rings. The average Bonchev–Trinajstić information content (AvgIpc) is 3.20. The van der Waals surface area contributed by atoms with Crippen LogP contribution in [0, 0.1) is 0 Å². The average molecular weight is 604 g/mol. The van der Waals surface area contributed by atoms with Gasteiger partial charge in [0.15, 0.2) is 5.76 Å². The number of nitrogens with two attached hydrogens (primary N) is 2. The van der Waals surface area contributed by atoms with Gasteiger partial charge in [-0.3, -0.25) is 14.4 Å². The zero-order chi connectivity index (χ0) is 29.4. The van der Waals surface area contributed by atoms with Gasteiger partial charge in [0.25, 0.3) is 0 Å². The molecule has 0 saturated carbocycles. The summed E-state index contributed by atoms with van der Waals surface area (Å²) in [5.74, 6) is -3.03. The number of carboxylic acids is 1. The van der Waals surface area contributed by atoms with Gasteiger partial charge in [0.1, 0.15) is 11.6 Å². The van der Waals surface area contributed by atoms with E-state index in [2.05, 4.69) is 0 Å². The molecule has 0 bridgehead atoms. The zero-order valence-electron chi connectivity index (χ0n) is 20.9. The molecule has 4 aromatic rings. The Morgan fingerprint density at radius 3 is 2.35 bits per heavy atom. The molecule has 208 valence electrons. The van der Waals surface area contributed by atoms with Crippen LogP contribution in [-0.4, -0.2) is 47.8 Å². The summed E-state index contributed by atoms with van der Waals surface area (Å²) in [4.78, 5) is 36.3. The SMILES string of the molecule is CS(=O)(=O)N(Cc1cccc(-c2ccc3c(N)c(C(=O)c4ccc(Cl)cc4Cl)oc3c2)c1)[C@@H](CC(N)=O)C(=O)O. The normalized spacial score (nSPS) is 12.5. The summed E-state index contributed by atoms with van der Waals surface area (Å²) in [7, 11) is -4.03. The molecule has 3 aromatic carbocycles. The summed E-state index contributed by atoms with van der Waals surface area (Å²) in [6, 6.07) is 14.6. The van der Waals surface area contributed by atoms with Gasteiger partial charge in [-0.15, -0.1) is 0 Å². The summed E-state index contributed by atoms with van der Waals surface area (Å²) in [6.07, 6.45) is 0.181. The molecule has 1 atom stereocenters. The number of furan rings is 1. The second-order valence-corrected chi connectivity index (χ2v) is 11.8. The van der Waals surface area contributed by atoms with Crippen molar-refractivity contribution in [2.75, 3.05) is 12.0 Å². The Hall–Kier alpha value is -3.90. The summed E-state index contributed by atoms with van der Waals surface area (Å²) in [5, 5.41) is 10.6. The maximum Gasteiger partial charge on any atom is 0.322 e. The number of nitrogen functional groups attached to an aromatic ring is 1. The maximum absolute atomic E-state index is 13.1. The van der Waals surface area contributed by atoms with Gasteiger partial charge >= 0.3 is 5.97 Å². The topological polar surface area (TPSA) is 174 Å². The lowest BCUT2D eigenvalue weighted by Gasteiger charge is -2.26. The van der Waals surface area contributed by atoms with E-state index in [4.69, 9.17) is 39.1 Å². The van der Waals surface area contributed by atoms with Crippen LogP contribution in [0.25, 0.3) is 22.1 Å². The van der Waals surface area contributed by atoms with E-state index in [1.54, 1.807) is 42.5 Å². The molecule has 0 radical (unpaired) electrons. The van der Waals surface area contributed by atoms with Crippen LogP contribution in [0.2, 0.25) is 10.0 Å². The number of nitrogens with zero attached hydrogens (tertiary/aromatic N) is 1. The molecule has 0 saturated heterocycles. The van der Waals surface area contributed by atoms with E-state index in [-0.39, 0.29) is 28.6 Å². The van der Waals surface area contributed by atoms with Crippen molar-refractivity contribution in [3.8, 4) is 11.1 Å². The first-order chi connectivity index (χ1) is 18.8. The Kier molecular flexibility index (Phi) is 8.22. The third-order valence-electron chi connectivity index (χ3n) is 6.16. The van der Waals surface area contributed by atoms with Crippen molar-refractivity contribution in [2.45, 2.75) is 19.0 Å². The third-order valence-corrected chi connectivity index (χ3v) is 7.95. The minimum absolute atomic E-state index is 0.0805. The van der Waals surface area contributed by atoms with Gasteiger partial charge in [0.2, 0.25) is 21.7 Å². The molecule has 0 aliphatic heterocycles. The first-order valence-corrected chi connectivity index (χ1v) is 14.3. The predicted molar refractivity (Wildman–Crippen MR) is 152 cm³/mol. The largest absolute Gasteiger partial charge is 0.480 e. The van der Waals surface area contributed by atoms with E-state index < -0.39 is 40.1 Å². The third kappa shape index (κ3) is 6.13. The Morgan fingerprint density at radius 1 is 1.02 bits per heavy atom. The molecule has 10 nitrogen and oxygen atoms in total. The predicted octanol–water partition coefficient (Wildman–Crippen LogP) is 4.31. The number of anilines is 1. The maximum atomic E-state index is 13.1. The fourth-order valence-corrected chi connectivity index (χ4v) is 5.76. The number of hydrogen-bond acceptors (Lipinski definition) is 7. The lowest BCUT2D eigenvalue weighted by atomic mass is 10.0. The minimum Gasteiger partial charge on any atom is -0.480 e. The smallest absolute Gasteiger partial charge is 0.322 e. The molecular formula is C27H23Cl2N3O7S. The quantitative estimate of drug-likeness (QED) is 0.225. The van der Waals surface area contributed by atoms with Crippen molar-refractivity contribution in [3.05, 3.63) is 87.6 Å². The standard InChI is InChI=1S/C27H23Cl2N3O7S/c1-40(37,38)32(21(27(35)36)12-23(30)33)13-14-3-2-4-15(9-14)16-5-7-19-22(10-16)39-26(24(19)31)25(34)18-8-6-17(28)11-20(18)29/h2-11,21H,12-13,31H2,1H3,(H2,30,33)(H,35,36)/t21-/m0/s1. The fraction of sp³-hybridized carbons (Fsp3) is 0.148. The van der Waals surface area contributed by atoms with Crippen LogP contribution in [0.1, 0.15) is 28.1 Å². The van der Waals surface area contributed by atoms with Gasteiger partial charge < -0.3 is 21.0 Å².